The molecule has 0 saturated heterocycles. The first-order valence-corrected chi connectivity index (χ1v) is 9.42. The second kappa shape index (κ2) is 8.10. The summed E-state index contributed by atoms with van der Waals surface area (Å²) >= 11 is 0. The third kappa shape index (κ3) is 6.04. The number of aromatic amines is 1. The molecule has 0 bridgehead atoms. The highest BCUT2D eigenvalue weighted by Gasteiger charge is 2.36. The monoisotopic (exact) mass is 364 g/mol. The zero-order chi connectivity index (χ0) is 19.4. The van der Waals surface area contributed by atoms with Gasteiger partial charge in [0.2, 0.25) is 0 Å². The van der Waals surface area contributed by atoms with Gasteiger partial charge in [-0.2, -0.15) is 5.10 Å². The fraction of sp³-hybridized carbons (Fsp3) is 0.737. The van der Waals surface area contributed by atoms with Crippen LogP contribution in [0.5, 0.6) is 0 Å². The van der Waals surface area contributed by atoms with Crippen molar-refractivity contribution in [3.8, 4) is 0 Å². The van der Waals surface area contributed by atoms with Crippen LogP contribution in [0.3, 0.4) is 0 Å². The first-order chi connectivity index (χ1) is 12.1. The van der Waals surface area contributed by atoms with E-state index in [2.05, 4.69) is 34.7 Å². The highest BCUT2D eigenvalue weighted by Crippen LogP contribution is 2.29. The zero-order valence-corrected chi connectivity index (χ0v) is 16.6. The summed E-state index contributed by atoms with van der Waals surface area (Å²) in [6.45, 7) is 10.1. The van der Waals surface area contributed by atoms with Gasteiger partial charge in [0.15, 0.2) is 0 Å². The predicted octanol–water partition coefficient (Wildman–Crippen LogP) is 3.18. The lowest BCUT2D eigenvalue weighted by Gasteiger charge is -2.31. The number of rotatable bonds is 6. The fourth-order valence-electron chi connectivity index (χ4n) is 3.28. The summed E-state index contributed by atoms with van der Waals surface area (Å²) in [5.41, 5.74) is 0.366. The minimum atomic E-state index is -0.544. The number of ether oxygens (including phenoxy) is 1. The highest BCUT2D eigenvalue weighted by molar-refractivity contribution is 5.93. The third-order valence-electron chi connectivity index (χ3n) is 4.40. The maximum absolute atomic E-state index is 12.6. The van der Waals surface area contributed by atoms with Gasteiger partial charge in [0, 0.05) is 12.2 Å². The zero-order valence-electron chi connectivity index (χ0n) is 16.6. The summed E-state index contributed by atoms with van der Waals surface area (Å²) in [5.74, 6) is 0.287. The van der Waals surface area contributed by atoms with E-state index in [4.69, 9.17) is 4.74 Å². The van der Waals surface area contributed by atoms with Crippen LogP contribution in [0.4, 0.5) is 4.79 Å². The van der Waals surface area contributed by atoms with Gasteiger partial charge in [0.1, 0.15) is 11.3 Å². The number of hydrogen-bond acceptors (Lipinski definition) is 4. The molecule has 1 aliphatic carbocycles. The normalized spacial score (nSPS) is 16.5. The lowest BCUT2D eigenvalue weighted by atomic mass is 9.97. The van der Waals surface area contributed by atoms with Crippen LogP contribution >= 0.6 is 0 Å². The Labute approximate surface area is 155 Å². The Morgan fingerprint density at radius 1 is 1.31 bits per heavy atom. The lowest BCUT2D eigenvalue weighted by molar-refractivity contribution is 0.0504. The van der Waals surface area contributed by atoms with Crippen LogP contribution in [0.1, 0.15) is 76.5 Å². The van der Waals surface area contributed by atoms with Crippen molar-refractivity contribution in [1.82, 2.24) is 20.8 Å². The molecular weight excluding hydrogens is 332 g/mol. The molecule has 1 saturated carbocycles. The number of aromatic nitrogens is 2. The minimum Gasteiger partial charge on any atom is -0.444 e. The molecule has 1 aromatic rings. The van der Waals surface area contributed by atoms with Gasteiger partial charge in [-0.15, -0.1) is 0 Å². The van der Waals surface area contributed by atoms with E-state index in [1.807, 2.05) is 20.8 Å². The first kappa shape index (κ1) is 20.3. The van der Waals surface area contributed by atoms with E-state index in [-0.39, 0.29) is 5.91 Å². The van der Waals surface area contributed by atoms with Gasteiger partial charge in [0.05, 0.1) is 5.54 Å². The highest BCUT2D eigenvalue weighted by atomic mass is 16.6. The number of hydrogen-bond donors (Lipinski definition) is 3. The van der Waals surface area contributed by atoms with Crippen molar-refractivity contribution in [2.75, 3.05) is 6.54 Å². The summed E-state index contributed by atoms with van der Waals surface area (Å²) in [7, 11) is 0. The SMILES string of the molecule is CC(C)Cc1cc(C(=O)NC2(CNC(=O)OC(C)(C)C)CCCC2)n[nH]1. The third-order valence-corrected chi connectivity index (χ3v) is 4.40. The first-order valence-electron chi connectivity index (χ1n) is 9.42. The van der Waals surface area contributed by atoms with Crippen molar-refractivity contribution < 1.29 is 14.3 Å². The summed E-state index contributed by atoms with van der Waals surface area (Å²) in [6, 6.07) is 1.80. The van der Waals surface area contributed by atoms with Gasteiger partial charge in [-0.1, -0.05) is 26.7 Å². The maximum Gasteiger partial charge on any atom is 0.407 e. The molecule has 146 valence electrons. The minimum absolute atomic E-state index is 0.204. The van der Waals surface area contributed by atoms with Crippen molar-refractivity contribution >= 4 is 12.0 Å². The molecule has 0 radical (unpaired) electrons. The topological polar surface area (TPSA) is 96.1 Å². The average molecular weight is 364 g/mol. The summed E-state index contributed by atoms with van der Waals surface area (Å²) in [4.78, 5) is 24.6. The Balaban J connectivity index is 1.97. The molecule has 7 nitrogen and oxygen atoms in total. The Morgan fingerprint density at radius 2 is 1.96 bits per heavy atom. The van der Waals surface area contributed by atoms with Gasteiger partial charge < -0.3 is 15.4 Å². The average Bonchev–Trinajstić information content (AvgIpc) is 3.13. The van der Waals surface area contributed by atoms with E-state index < -0.39 is 17.2 Å². The molecule has 1 aromatic heterocycles. The summed E-state index contributed by atoms with van der Waals surface area (Å²) in [6.07, 6.45) is 4.10. The molecule has 7 heteroatoms. The van der Waals surface area contributed by atoms with Crippen LogP contribution in [-0.4, -0.2) is 39.9 Å². The van der Waals surface area contributed by atoms with E-state index >= 15 is 0 Å². The van der Waals surface area contributed by atoms with Crippen molar-refractivity contribution in [2.45, 2.75) is 77.9 Å². The van der Waals surface area contributed by atoms with Gasteiger partial charge in [0.25, 0.3) is 5.91 Å². The van der Waals surface area contributed by atoms with Crippen LogP contribution in [0.15, 0.2) is 6.07 Å². The molecule has 1 aliphatic rings. The quantitative estimate of drug-likeness (QED) is 0.722. The molecule has 1 fully saturated rings. The maximum atomic E-state index is 12.6. The van der Waals surface area contributed by atoms with E-state index in [0.717, 1.165) is 37.8 Å². The van der Waals surface area contributed by atoms with E-state index in [1.54, 1.807) is 6.07 Å². The summed E-state index contributed by atoms with van der Waals surface area (Å²) < 4.78 is 5.29. The van der Waals surface area contributed by atoms with Crippen LogP contribution in [-0.2, 0) is 11.2 Å². The Hall–Kier alpha value is -2.05. The molecule has 0 atom stereocenters. The molecule has 0 unspecified atom stereocenters. The molecule has 2 rings (SSSR count). The standard InChI is InChI=1S/C19H32N4O3/c1-13(2)10-14-11-15(23-22-14)16(24)21-19(8-6-7-9-19)12-20-17(25)26-18(3,4)5/h11,13H,6-10,12H2,1-5H3,(H,20,25)(H,21,24)(H,22,23). The number of nitrogens with zero attached hydrogens (tertiary/aromatic N) is 1. The van der Waals surface area contributed by atoms with Crippen LogP contribution < -0.4 is 10.6 Å². The van der Waals surface area contributed by atoms with Crippen LogP contribution in [0.25, 0.3) is 0 Å². The van der Waals surface area contributed by atoms with Crippen molar-refractivity contribution in [3.63, 3.8) is 0 Å². The van der Waals surface area contributed by atoms with Crippen LogP contribution in [0.2, 0.25) is 0 Å². The van der Waals surface area contributed by atoms with Gasteiger partial charge in [-0.25, -0.2) is 4.79 Å². The number of amides is 2. The Kier molecular flexibility index (Phi) is 6.31. The van der Waals surface area contributed by atoms with Gasteiger partial charge in [-0.05, 0) is 52.0 Å². The van der Waals surface area contributed by atoms with Crippen molar-refractivity contribution in [1.29, 1.82) is 0 Å². The van der Waals surface area contributed by atoms with E-state index in [0.29, 0.717) is 18.2 Å². The molecule has 26 heavy (non-hydrogen) atoms. The number of nitrogens with one attached hydrogen (secondary N) is 3. The lowest BCUT2D eigenvalue weighted by Crippen LogP contribution is -2.54. The van der Waals surface area contributed by atoms with E-state index in [1.165, 1.54) is 0 Å². The fourth-order valence-corrected chi connectivity index (χ4v) is 3.28. The predicted molar refractivity (Wildman–Crippen MR) is 100 cm³/mol. The van der Waals surface area contributed by atoms with Gasteiger partial charge in [-0.3, -0.25) is 9.89 Å². The van der Waals surface area contributed by atoms with Crippen LogP contribution in [0, 0.1) is 5.92 Å². The smallest absolute Gasteiger partial charge is 0.407 e. The largest absolute Gasteiger partial charge is 0.444 e. The number of carbonyl (C=O) groups is 2. The van der Waals surface area contributed by atoms with Crippen molar-refractivity contribution in [2.24, 2.45) is 5.92 Å². The molecule has 3 N–H and O–H groups in total. The van der Waals surface area contributed by atoms with Crippen molar-refractivity contribution in [3.05, 3.63) is 17.5 Å². The number of alkyl carbamates (subject to hydrolysis) is 1. The second-order valence-electron chi connectivity index (χ2n) is 8.67. The van der Waals surface area contributed by atoms with E-state index in [9.17, 15) is 9.59 Å². The molecule has 0 spiro atoms. The Morgan fingerprint density at radius 3 is 2.54 bits per heavy atom. The molecule has 0 aliphatic heterocycles. The van der Waals surface area contributed by atoms with Gasteiger partial charge >= 0.3 is 6.09 Å². The number of carbonyl (C=O) groups excluding carboxylic acids is 2. The molecular formula is C19H32N4O3. The Bertz CT molecular complexity index is 625. The summed E-state index contributed by atoms with van der Waals surface area (Å²) in [5, 5.41) is 13.0. The molecule has 0 aromatic carbocycles. The number of H-pyrrole nitrogens is 1. The molecule has 2 amide bonds. The second-order valence-corrected chi connectivity index (χ2v) is 8.67. The molecule has 1 heterocycles.